The zero-order chi connectivity index (χ0) is 19.7. The lowest BCUT2D eigenvalue weighted by Crippen LogP contribution is -2.55. The molecule has 3 fully saturated rings. The van der Waals surface area contributed by atoms with Crippen molar-refractivity contribution in [2.24, 2.45) is 5.92 Å². The quantitative estimate of drug-likeness (QED) is 0.733. The summed E-state index contributed by atoms with van der Waals surface area (Å²) in [5.74, 6) is 0.660. The molecule has 2 aliphatic heterocycles. The fraction of sp³-hybridized carbons (Fsp3) is 0.737. The summed E-state index contributed by atoms with van der Waals surface area (Å²) in [5, 5.41) is 7.01. The number of hydrogen-bond acceptors (Lipinski definition) is 5. The summed E-state index contributed by atoms with van der Waals surface area (Å²) < 4.78 is 37.8. The SMILES string of the molecule is Cl.O=C(C1CCN(c2ccc(C(F)(F)F)nn2)CC1)N1CCN(C2CCC2)CC1. The maximum absolute atomic E-state index is 12.8. The Morgan fingerprint density at radius 1 is 0.931 bits per heavy atom. The minimum absolute atomic E-state index is 0. The molecular weight excluding hydrogens is 407 g/mol. The molecule has 0 atom stereocenters. The molecule has 0 radical (unpaired) electrons. The predicted octanol–water partition coefficient (Wildman–Crippen LogP) is 2.83. The van der Waals surface area contributed by atoms with Gasteiger partial charge in [0.2, 0.25) is 5.91 Å². The molecule has 1 aliphatic carbocycles. The maximum atomic E-state index is 12.8. The Labute approximate surface area is 174 Å². The summed E-state index contributed by atoms with van der Waals surface area (Å²) >= 11 is 0. The van der Waals surface area contributed by atoms with Crippen LogP contribution < -0.4 is 4.90 Å². The number of aromatic nitrogens is 2. The second-order valence-corrected chi connectivity index (χ2v) is 7.98. The Hall–Kier alpha value is -1.61. The lowest BCUT2D eigenvalue weighted by Gasteiger charge is -2.44. The Morgan fingerprint density at radius 3 is 2.07 bits per heavy atom. The van der Waals surface area contributed by atoms with E-state index in [4.69, 9.17) is 0 Å². The van der Waals surface area contributed by atoms with Gasteiger partial charge in [0.05, 0.1) is 0 Å². The summed E-state index contributed by atoms with van der Waals surface area (Å²) in [5.41, 5.74) is -0.984. The van der Waals surface area contributed by atoms with E-state index in [9.17, 15) is 18.0 Å². The van der Waals surface area contributed by atoms with Crippen LogP contribution in [-0.2, 0) is 11.0 Å². The van der Waals surface area contributed by atoms with Crippen LogP contribution in [0.3, 0.4) is 0 Å². The van der Waals surface area contributed by atoms with Crippen LogP contribution in [0.1, 0.15) is 37.8 Å². The highest BCUT2D eigenvalue weighted by Crippen LogP contribution is 2.29. The molecule has 0 N–H and O–H groups in total. The number of carbonyl (C=O) groups is 1. The molecule has 1 saturated carbocycles. The van der Waals surface area contributed by atoms with Crippen molar-refractivity contribution < 1.29 is 18.0 Å². The number of carbonyl (C=O) groups excluding carboxylic acids is 1. The molecule has 1 aromatic rings. The number of rotatable bonds is 3. The lowest BCUT2D eigenvalue weighted by atomic mass is 9.90. The van der Waals surface area contributed by atoms with E-state index in [1.54, 1.807) is 0 Å². The van der Waals surface area contributed by atoms with Gasteiger partial charge in [-0.15, -0.1) is 22.6 Å². The molecule has 0 unspecified atom stereocenters. The zero-order valence-electron chi connectivity index (χ0n) is 16.3. The van der Waals surface area contributed by atoms with E-state index in [1.165, 1.54) is 25.3 Å². The molecule has 0 aromatic carbocycles. The van der Waals surface area contributed by atoms with Crippen molar-refractivity contribution in [3.63, 3.8) is 0 Å². The number of alkyl halides is 3. The third-order valence-electron chi connectivity index (χ3n) is 6.33. The molecule has 10 heteroatoms. The molecule has 0 spiro atoms. The number of amides is 1. The number of piperazine rings is 1. The fourth-order valence-electron chi connectivity index (χ4n) is 4.32. The molecule has 6 nitrogen and oxygen atoms in total. The van der Waals surface area contributed by atoms with Crippen molar-refractivity contribution in [3.05, 3.63) is 17.8 Å². The van der Waals surface area contributed by atoms with E-state index in [0.29, 0.717) is 31.7 Å². The first kappa shape index (κ1) is 22.1. The average molecular weight is 434 g/mol. The lowest BCUT2D eigenvalue weighted by molar-refractivity contribution is -0.142. The number of anilines is 1. The van der Waals surface area contributed by atoms with Crippen LogP contribution in [0.25, 0.3) is 0 Å². The van der Waals surface area contributed by atoms with Crippen LogP contribution in [0.4, 0.5) is 19.0 Å². The van der Waals surface area contributed by atoms with E-state index in [-0.39, 0.29) is 24.2 Å². The van der Waals surface area contributed by atoms with Crippen molar-refractivity contribution in [2.45, 2.75) is 44.3 Å². The molecule has 3 aliphatic rings. The van der Waals surface area contributed by atoms with Gasteiger partial charge < -0.3 is 9.80 Å². The predicted molar refractivity (Wildman–Crippen MR) is 105 cm³/mol. The molecule has 0 bridgehead atoms. The van der Waals surface area contributed by atoms with Crippen LogP contribution >= 0.6 is 12.4 Å². The van der Waals surface area contributed by atoms with Gasteiger partial charge in [0.1, 0.15) is 0 Å². The van der Waals surface area contributed by atoms with Crippen molar-refractivity contribution in [3.8, 4) is 0 Å². The van der Waals surface area contributed by atoms with E-state index >= 15 is 0 Å². The zero-order valence-corrected chi connectivity index (χ0v) is 17.1. The van der Waals surface area contributed by atoms with Gasteiger partial charge in [-0.3, -0.25) is 9.69 Å². The van der Waals surface area contributed by atoms with Crippen LogP contribution in [0.2, 0.25) is 0 Å². The van der Waals surface area contributed by atoms with Crippen molar-refractivity contribution in [2.75, 3.05) is 44.2 Å². The monoisotopic (exact) mass is 433 g/mol. The van der Waals surface area contributed by atoms with Crippen LogP contribution in [0.15, 0.2) is 12.1 Å². The smallest absolute Gasteiger partial charge is 0.355 e. The Morgan fingerprint density at radius 2 is 1.59 bits per heavy atom. The van der Waals surface area contributed by atoms with Crippen molar-refractivity contribution >= 4 is 24.1 Å². The molecule has 3 heterocycles. The third kappa shape index (κ3) is 4.94. The summed E-state index contributed by atoms with van der Waals surface area (Å²) in [6.45, 7) is 4.77. The van der Waals surface area contributed by atoms with E-state index < -0.39 is 11.9 Å². The van der Waals surface area contributed by atoms with Crippen molar-refractivity contribution in [1.82, 2.24) is 20.0 Å². The van der Waals surface area contributed by atoms with Gasteiger partial charge >= 0.3 is 6.18 Å². The highest BCUT2D eigenvalue weighted by atomic mass is 35.5. The highest BCUT2D eigenvalue weighted by Gasteiger charge is 2.35. The molecule has 162 valence electrons. The van der Waals surface area contributed by atoms with Gasteiger partial charge in [0.25, 0.3) is 0 Å². The molecule has 29 heavy (non-hydrogen) atoms. The first-order chi connectivity index (χ1) is 13.4. The normalized spacial score (nSPS) is 22.2. The minimum Gasteiger partial charge on any atom is -0.355 e. The summed E-state index contributed by atoms with van der Waals surface area (Å²) in [6, 6.07) is 3.05. The number of piperidine rings is 1. The van der Waals surface area contributed by atoms with E-state index in [0.717, 1.165) is 38.3 Å². The topological polar surface area (TPSA) is 52.6 Å². The number of hydrogen-bond donors (Lipinski definition) is 0. The van der Waals surface area contributed by atoms with Gasteiger partial charge in [-0.1, -0.05) is 6.42 Å². The third-order valence-corrected chi connectivity index (χ3v) is 6.33. The number of halogens is 4. The molecule has 1 amide bonds. The summed E-state index contributed by atoms with van der Waals surface area (Å²) in [6.07, 6.45) is 0.826. The standard InChI is InChI=1S/C19H26F3N5O.ClH/c20-19(21,22)16-4-5-17(24-23-16)26-8-6-14(7-9-26)18(28)27-12-10-25(11-13-27)15-2-1-3-15;/h4-5,14-15H,1-3,6-13H2;1H. The Kier molecular flexibility index (Phi) is 6.88. The molecule has 1 aromatic heterocycles. The largest absolute Gasteiger partial charge is 0.435 e. The van der Waals surface area contributed by atoms with E-state index in [1.807, 2.05) is 9.80 Å². The highest BCUT2D eigenvalue weighted by molar-refractivity contribution is 5.85. The van der Waals surface area contributed by atoms with Crippen molar-refractivity contribution in [1.29, 1.82) is 0 Å². The molecule has 4 rings (SSSR count). The Bertz CT molecular complexity index is 682. The second kappa shape index (κ2) is 9.04. The fourth-order valence-corrected chi connectivity index (χ4v) is 4.32. The molecular formula is C19H27ClF3N5O. The second-order valence-electron chi connectivity index (χ2n) is 7.98. The maximum Gasteiger partial charge on any atom is 0.435 e. The van der Waals surface area contributed by atoms with Crippen LogP contribution in [0.5, 0.6) is 0 Å². The van der Waals surface area contributed by atoms with Gasteiger partial charge in [-0.25, -0.2) is 0 Å². The Balaban J connectivity index is 0.00000240. The summed E-state index contributed by atoms with van der Waals surface area (Å²) in [7, 11) is 0. The van der Waals surface area contributed by atoms with Gasteiger partial charge in [0.15, 0.2) is 11.5 Å². The van der Waals surface area contributed by atoms with Crippen LogP contribution in [0, 0.1) is 5.92 Å². The van der Waals surface area contributed by atoms with E-state index in [2.05, 4.69) is 15.1 Å². The van der Waals surface area contributed by atoms with Gasteiger partial charge in [0, 0.05) is 51.2 Å². The minimum atomic E-state index is -4.48. The summed E-state index contributed by atoms with van der Waals surface area (Å²) in [4.78, 5) is 19.3. The number of nitrogens with zero attached hydrogens (tertiary/aromatic N) is 5. The molecule has 2 saturated heterocycles. The first-order valence-corrected chi connectivity index (χ1v) is 10.1. The van der Waals surface area contributed by atoms with Crippen LogP contribution in [-0.4, -0.2) is 71.2 Å². The first-order valence-electron chi connectivity index (χ1n) is 10.1. The van der Waals surface area contributed by atoms with Gasteiger partial charge in [-0.05, 0) is 37.8 Å². The average Bonchev–Trinajstić information content (AvgIpc) is 2.66. The van der Waals surface area contributed by atoms with Gasteiger partial charge in [-0.2, -0.15) is 13.2 Å².